The van der Waals surface area contributed by atoms with E-state index in [-0.39, 0.29) is 11.9 Å². The third-order valence-corrected chi connectivity index (χ3v) is 5.13. The topological polar surface area (TPSA) is 75.9 Å². The van der Waals surface area contributed by atoms with E-state index in [9.17, 15) is 4.79 Å². The highest BCUT2D eigenvalue weighted by molar-refractivity contribution is 5.94. The molecule has 144 valence electrons. The molecule has 7 nitrogen and oxygen atoms in total. The molecule has 1 N–H and O–H groups in total. The average molecular weight is 376 g/mol. The van der Waals surface area contributed by atoms with Crippen LogP contribution in [0, 0.1) is 0 Å². The smallest absolute Gasteiger partial charge is 0.254 e. The largest absolute Gasteiger partial charge is 0.331 e. The predicted molar refractivity (Wildman–Crippen MR) is 106 cm³/mol. The van der Waals surface area contributed by atoms with Gasteiger partial charge in [0.15, 0.2) is 0 Å². The second kappa shape index (κ2) is 8.75. The van der Waals surface area contributed by atoms with Crippen LogP contribution in [0.4, 0.5) is 0 Å². The number of carbonyl (C=O) groups is 1. The van der Waals surface area contributed by atoms with Gasteiger partial charge in [-0.05, 0) is 56.6 Å². The zero-order valence-electron chi connectivity index (χ0n) is 15.7. The van der Waals surface area contributed by atoms with Gasteiger partial charge in [0.25, 0.3) is 5.91 Å². The van der Waals surface area contributed by atoms with Gasteiger partial charge in [0, 0.05) is 54.2 Å². The highest BCUT2D eigenvalue weighted by atomic mass is 16.2. The fourth-order valence-corrected chi connectivity index (χ4v) is 3.64. The van der Waals surface area contributed by atoms with E-state index in [1.54, 1.807) is 24.9 Å². The number of amides is 1. The van der Waals surface area contributed by atoms with Crippen molar-refractivity contribution in [2.45, 2.75) is 31.8 Å². The van der Waals surface area contributed by atoms with Gasteiger partial charge in [-0.2, -0.15) is 0 Å². The van der Waals surface area contributed by atoms with Crippen molar-refractivity contribution in [2.24, 2.45) is 0 Å². The molecular formula is C21H24N6O. The average Bonchev–Trinajstić information content (AvgIpc) is 3.15. The van der Waals surface area contributed by atoms with Crippen molar-refractivity contribution < 1.29 is 4.79 Å². The van der Waals surface area contributed by atoms with Crippen LogP contribution >= 0.6 is 0 Å². The summed E-state index contributed by atoms with van der Waals surface area (Å²) in [6.07, 6.45) is 13.5. The van der Waals surface area contributed by atoms with E-state index in [1.807, 2.05) is 39.9 Å². The monoisotopic (exact) mass is 376 g/mol. The molecule has 3 aromatic rings. The molecule has 1 atom stereocenters. The van der Waals surface area contributed by atoms with E-state index in [0.717, 1.165) is 43.6 Å². The summed E-state index contributed by atoms with van der Waals surface area (Å²) in [5, 5.41) is 3.43. The van der Waals surface area contributed by atoms with Crippen LogP contribution in [0.5, 0.6) is 0 Å². The first kappa shape index (κ1) is 18.3. The Balaban J connectivity index is 1.58. The van der Waals surface area contributed by atoms with E-state index in [1.165, 1.54) is 6.33 Å². The number of nitrogens with zero attached hydrogens (tertiary/aromatic N) is 5. The Morgan fingerprint density at radius 2 is 1.93 bits per heavy atom. The number of nitrogens with one attached hydrogen (secondary N) is 1. The SMILES string of the molecule is O=C(c1ccc(-n2ccnc2)cc1)N(Cc1cncnc1)C1CCCNCC1. The second-order valence-electron chi connectivity index (χ2n) is 7.03. The molecule has 1 unspecified atom stereocenters. The third kappa shape index (κ3) is 4.26. The lowest BCUT2D eigenvalue weighted by atomic mass is 10.0. The summed E-state index contributed by atoms with van der Waals surface area (Å²) < 4.78 is 1.92. The second-order valence-corrected chi connectivity index (χ2v) is 7.03. The molecule has 0 saturated carbocycles. The number of benzene rings is 1. The minimum atomic E-state index is 0.0490. The molecule has 0 radical (unpaired) electrons. The van der Waals surface area contributed by atoms with Gasteiger partial charge in [0.1, 0.15) is 6.33 Å². The molecule has 1 aliphatic rings. The van der Waals surface area contributed by atoms with Gasteiger partial charge in [0.2, 0.25) is 0 Å². The first-order valence-electron chi connectivity index (χ1n) is 9.65. The normalized spacial score (nSPS) is 17.1. The highest BCUT2D eigenvalue weighted by Gasteiger charge is 2.26. The fourth-order valence-electron chi connectivity index (χ4n) is 3.64. The van der Waals surface area contributed by atoms with Crippen molar-refractivity contribution in [3.05, 3.63) is 72.8 Å². The zero-order valence-corrected chi connectivity index (χ0v) is 15.7. The summed E-state index contributed by atoms with van der Waals surface area (Å²) >= 11 is 0. The van der Waals surface area contributed by atoms with Crippen LogP contribution in [0.2, 0.25) is 0 Å². The number of imidazole rings is 1. The molecule has 1 saturated heterocycles. The van der Waals surface area contributed by atoms with Gasteiger partial charge in [-0.25, -0.2) is 15.0 Å². The summed E-state index contributed by atoms with van der Waals surface area (Å²) in [4.78, 5) is 27.7. The van der Waals surface area contributed by atoms with Gasteiger partial charge in [-0.15, -0.1) is 0 Å². The Labute approximate surface area is 164 Å². The predicted octanol–water partition coefficient (Wildman–Crippen LogP) is 2.45. The molecule has 1 amide bonds. The molecule has 1 aliphatic heterocycles. The Hall–Kier alpha value is -3.06. The van der Waals surface area contributed by atoms with Gasteiger partial charge in [-0.3, -0.25) is 4.79 Å². The first-order valence-corrected chi connectivity index (χ1v) is 9.65. The number of hydrogen-bond donors (Lipinski definition) is 1. The Morgan fingerprint density at radius 1 is 1.11 bits per heavy atom. The first-order chi connectivity index (χ1) is 13.8. The van der Waals surface area contributed by atoms with Crippen molar-refractivity contribution in [2.75, 3.05) is 13.1 Å². The lowest BCUT2D eigenvalue weighted by molar-refractivity contribution is 0.0645. The van der Waals surface area contributed by atoms with Crippen molar-refractivity contribution in [1.82, 2.24) is 29.7 Å². The van der Waals surface area contributed by atoms with E-state index in [0.29, 0.717) is 12.1 Å². The van der Waals surface area contributed by atoms with E-state index in [2.05, 4.69) is 20.3 Å². The molecule has 3 heterocycles. The fraction of sp³-hybridized carbons (Fsp3) is 0.333. The van der Waals surface area contributed by atoms with Gasteiger partial charge < -0.3 is 14.8 Å². The molecule has 7 heteroatoms. The summed E-state index contributed by atoms with van der Waals surface area (Å²) in [7, 11) is 0. The summed E-state index contributed by atoms with van der Waals surface area (Å²) in [6.45, 7) is 2.46. The summed E-state index contributed by atoms with van der Waals surface area (Å²) in [5.74, 6) is 0.0490. The maximum Gasteiger partial charge on any atom is 0.254 e. The molecule has 0 aliphatic carbocycles. The Morgan fingerprint density at radius 3 is 2.68 bits per heavy atom. The Bertz CT molecular complexity index is 871. The zero-order chi connectivity index (χ0) is 19.2. The van der Waals surface area contributed by atoms with Crippen LogP contribution in [-0.4, -0.2) is 49.5 Å². The number of aromatic nitrogens is 4. The maximum absolute atomic E-state index is 13.4. The van der Waals surface area contributed by atoms with Crippen molar-refractivity contribution >= 4 is 5.91 Å². The molecule has 0 bridgehead atoms. The molecule has 2 aromatic heterocycles. The van der Waals surface area contributed by atoms with E-state index >= 15 is 0 Å². The minimum Gasteiger partial charge on any atom is -0.331 e. The molecule has 1 fully saturated rings. The minimum absolute atomic E-state index is 0.0490. The van der Waals surface area contributed by atoms with Crippen LogP contribution in [0.1, 0.15) is 35.2 Å². The molecule has 4 rings (SSSR count). The van der Waals surface area contributed by atoms with Gasteiger partial charge in [-0.1, -0.05) is 0 Å². The van der Waals surface area contributed by atoms with Crippen LogP contribution < -0.4 is 5.32 Å². The van der Waals surface area contributed by atoms with Crippen LogP contribution in [-0.2, 0) is 6.54 Å². The van der Waals surface area contributed by atoms with Crippen molar-refractivity contribution in [3.63, 3.8) is 0 Å². The number of hydrogen-bond acceptors (Lipinski definition) is 5. The van der Waals surface area contributed by atoms with Crippen LogP contribution in [0.15, 0.2) is 61.7 Å². The molecular weight excluding hydrogens is 352 g/mol. The van der Waals surface area contributed by atoms with Crippen molar-refractivity contribution in [3.8, 4) is 5.69 Å². The summed E-state index contributed by atoms with van der Waals surface area (Å²) in [5.41, 5.74) is 2.62. The quantitative estimate of drug-likeness (QED) is 0.740. The van der Waals surface area contributed by atoms with Crippen molar-refractivity contribution in [1.29, 1.82) is 0 Å². The number of carbonyl (C=O) groups excluding carboxylic acids is 1. The van der Waals surface area contributed by atoms with Gasteiger partial charge >= 0.3 is 0 Å². The Kier molecular flexibility index (Phi) is 5.72. The third-order valence-electron chi connectivity index (χ3n) is 5.13. The highest BCUT2D eigenvalue weighted by Crippen LogP contribution is 2.20. The standard InChI is InChI=1S/C21H24N6O/c28-21(18-3-5-19(6-4-18)26-11-10-23-16-26)27(14-17-12-24-15-25-13-17)20-2-1-8-22-9-7-20/h3-6,10-13,15-16,20,22H,1-2,7-9,14H2. The molecule has 0 spiro atoms. The maximum atomic E-state index is 13.4. The molecule has 28 heavy (non-hydrogen) atoms. The molecule has 1 aromatic carbocycles. The van der Waals surface area contributed by atoms with Crippen LogP contribution in [0.25, 0.3) is 5.69 Å². The lowest BCUT2D eigenvalue weighted by Crippen LogP contribution is -2.40. The van der Waals surface area contributed by atoms with E-state index in [4.69, 9.17) is 0 Å². The van der Waals surface area contributed by atoms with Gasteiger partial charge in [0.05, 0.1) is 6.33 Å². The van der Waals surface area contributed by atoms with Crippen LogP contribution in [0.3, 0.4) is 0 Å². The lowest BCUT2D eigenvalue weighted by Gasteiger charge is -2.31. The number of rotatable bonds is 5. The van der Waals surface area contributed by atoms with E-state index < -0.39 is 0 Å². The summed E-state index contributed by atoms with van der Waals surface area (Å²) in [6, 6.07) is 7.89.